The maximum atomic E-state index is 9.53. The van der Waals surface area contributed by atoms with Crippen LogP contribution in [0.4, 0.5) is 5.69 Å². The van der Waals surface area contributed by atoms with Crippen LogP contribution in [0.3, 0.4) is 0 Å². The van der Waals surface area contributed by atoms with Gasteiger partial charge in [0.15, 0.2) is 0 Å². The summed E-state index contributed by atoms with van der Waals surface area (Å²) in [5.41, 5.74) is 1.41. The monoisotopic (exact) mass is 203 g/mol. The zero-order chi connectivity index (χ0) is 10.7. The second-order valence-corrected chi connectivity index (χ2v) is 3.76. The molecule has 15 heavy (non-hydrogen) atoms. The van der Waals surface area contributed by atoms with Gasteiger partial charge in [0.25, 0.3) is 0 Å². The molecule has 4 heteroatoms. The molecule has 0 saturated carbocycles. The van der Waals surface area contributed by atoms with Crippen LogP contribution in [0.2, 0.25) is 0 Å². The molecule has 78 valence electrons. The largest absolute Gasteiger partial charge is 0.391 e. The fourth-order valence-electron chi connectivity index (χ4n) is 1.83. The van der Waals surface area contributed by atoms with Crippen LogP contribution in [0.15, 0.2) is 18.3 Å². The molecule has 0 aliphatic carbocycles. The van der Waals surface area contributed by atoms with E-state index in [-0.39, 0.29) is 6.10 Å². The van der Waals surface area contributed by atoms with Gasteiger partial charge in [-0.25, -0.2) is 4.98 Å². The molecule has 1 aromatic heterocycles. The van der Waals surface area contributed by atoms with Crippen molar-refractivity contribution < 1.29 is 5.11 Å². The molecule has 4 nitrogen and oxygen atoms in total. The van der Waals surface area contributed by atoms with Crippen LogP contribution < -0.4 is 4.90 Å². The summed E-state index contributed by atoms with van der Waals surface area (Å²) in [6.07, 6.45) is 3.33. The lowest BCUT2D eigenvalue weighted by Gasteiger charge is -2.31. The highest BCUT2D eigenvalue weighted by Gasteiger charge is 2.17. The number of hydrogen-bond donors (Lipinski definition) is 1. The number of aromatic nitrogens is 1. The van der Waals surface area contributed by atoms with Gasteiger partial charge in [0.2, 0.25) is 0 Å². The molecular weight excluding hydrogens is 190 g/mol. The van der Waals surface area contributed by atoms with Gasteiger partial charge in [0.1, 0.15) is 11.8 Å². The number of pyridine rings is 1. The van der Waals surface area contributed by atoms with Crippen molar-refractivity contribution in [1.29, 1.82) is 5.26 Å². The zero-order valence-corrected chi connectivity index (χ0v) is 8.43. The minimum atomic E-state index is -0.241. The molecule has 1 fully saturated rings. The molecule has 1 aliphatic heterocycles. The first-order chi connectivity index (χ1) is 7.29. The number of aliphatic hydroxyl groups excluding tert-OH is 1. The summed E-state index contributed by atoms with van der Waals surface area (Å²) in [6, 6.07) is 5.57. The molecule has 1 atom stereocenters. The van der Waals surface area contributed by atoms with Crippen molar-refractivity contribution >= 4 is 5.69 Å². The SMILES string of the molecule is N#Cc1ccc(N2CCCC(O)C2)cn1. The fraction of sp³-hybridized carbons (Fsp3) is 0.455. The quantitative estimate of drug-likeness (QED) is 0.737. The van der Waals surface area contributed by atoms with E-state index in [1.807, 2.05) is 12.1 Å². The van der Waals surface area contributed by atoms with Crippen LogP contribution in [0.5, 0.6) is 0 Å². The molecule has 1 aliphatic rings. The van der Waals surface area contributed by atoms with Gasteiger partial charge in [0.05, 0.1) is 18.0 Å². The van der Waals surface area contributed by atoms with Gasteiger partial charge >= 0.3 is 0 Å². The van der Waals surface area contributed by atoms with Gasteiger partial charge in [-0.05, 0) is 25.0 Å². The van der Waals surface area contributed by atoms with Gasteiger partial charge in [0, 0.05) is 13.1 Å². The summed E-state index contributed by atoms with van der Waals surface area (Å²) in [4.78, 5) is 6.11. The maximum Gasteiger partial charge on any atom is 0.140 e. The third-order valence-electron chi connectivity index (χ3n) is 2.62. The lowest BCUT2D eigenvalue weighted by Crippen LogP contribution is -2.38. The van der Waals surface area contributed by atoms with Crippen molar-refractivity contribution in [3.8, 4) is 6.07 Å². The molecule has 0 bridgehead atoms. The first-order valence-corrected chi connectivity index (χ1v) is 5.09. The molecule has 0 spiro atoms. The number of nitrogens with zero attached hydrogens (tertiary/aromatic N) is 3. The van der Waals surface area contributed by atoms with Crippen LogP contribution in [0.25, 0.3) is 0 Å². The Morgan fingerprint density at radius 1 is 1.53 bits per heavy atom. The van der Waals surface area contributed by atoms with Gasteiger partial charge in [-0.2, -0.15) is 5.26 Å². The Hall–Kier alpha value is -1.60. The topological polar surface area (TPSA) is 60.2 Å². The van der Waals surface area contributed by atoms with Gasteiger partial charge in [-0.15, -0.1) is 0 Å². The molecule has 0 amide bonds. The average Bonchev–Trinajstić information content (AvgIpc) is 2.29. The van der Waals surface area contributed by atoms with Crippen LogP contribution in [0, 0.1) is 11.3 Å². The third-order valence-corrected chi connectivity index (χ3v) is 2.62. The smallest absolute Gasteiger partial charge is 0.140 e. The number of rotatable bonds is 1. The molecule has 2 heterocycles. The Balaban J connectivity index is 2.12. The first-order valence-electron chi connectivity index (χ1n) is 5.09. The van der Waals surface area contributed by atoms with Crippen molar-refractivity contribution in [1.82, 2.24) is 4.98 Å². The molecule has 0 aromatic carbocycles. The van der Waals surface area contributed by atoms with Crippen molar-refractivity contribution in [3.63, 3.8) is 0 Å². The predicted molar refractivity (Wildman–Crippen MR) is 56.4 cm³/mol. The first kappa shape index (κ1) is 9.94. The van der Waals surface area contributed by atoms with Crippen molar-refractivity contribution in [2.24, 2.45) is 0 Å². The summed E-state index contributed by atoms with van der Waals surface area (Å²) in [5.74, 6) is 0. The molecular formula is C11H13N3O. The van der Waals surface area contributed by atoms with E-state index >= 15 is 0 Å². The van der Waals surface area contributed by atoms with Crippen LogP contribution in [-0.2, 0) is 0 Å². The number of anilines is 1. The highest BCUT2D eigenvalue weighted by Crippen LogP contribution is 2.18. The Morgan fingerprint density at radius 3 is 3.00 bits per heavy atom. The van der Waals surface area contributed by atoms with Crippen molar-refractivity contribution in [2.45, 2.75) is 18.9 Å². The van der Waals surface area contributed by atoms with Crippen LogP contribution >= 0.6 is 0 Å². The minimum Gasteiger partial charge on any atom is -0.391 e. The fourth-order valence-corrected chi connectivity index (χ4v) is 1.83. The second-order valence-electron chi connectivity index (χ2n) is 3.76. The lowest BCUT2D eigenvalue weighted by atomic mass is 10.1. The Morgan fingerprint density at radius 2 is 2.40 bits per heavy atom. The molecule has 1 unspecified atom stereocenters. The number of nitriles is 1. The van der Waals surface area contributed by atoms with Gasteiger partial charge in [-0.3, -0.25) is 0 Å². The highest BCUT2D eigenvalue weighted by atomic mass is 16.3. The standard InChI is InChI=1S/C11H13N3O/c12-6-9-3-4-10(7-13-9)14-5-1-2-11(15)8-14/h3-4,7,11,15H,1-2,5,8H2. The third kappa shape index (κ3) is 2.25. The van der Waals surface area contributed by atoms with Crippen LogP contribution in [-0.4, -0.2) is 29.3 Å². The number of piperidine rings is 1. The molecule has 1 aromatic rings. The van der Waals surface area contributed by atoms with Crippen molar-refractivity contribution in [3.05, 3.63) is 24.0 Å². The lowest BCUT2D eigenvalue weighted by molar-refractivity contribution is 0.154. The van der Waals surface area contributed by atoms with E-state index < -0.39 is 0 Å². The molecule has 2 rings (SSSR count). The number of aliphatic hydroxyl groups is 1. The highest BCUT2D eigenvalue weighted by molar-refractivity contribution is 5.46. The molecule has 0 radical (unpaired) electrons. The minimum absolute atomic E-state index is 0.241. The number of β-amino-alcohol motifs (C(OH)–C–C–N with tert-alkyl or cyclic N) is 1. The van der Waals surface area contributed by atoms with Crippen molar-refractivity contribution in [2.75, 3.05) is 18.0 Å². The summed E-state index contributed by atoms with van der Waals surface area (Å²) in [5, 5.41) is 18.1. The van der Waals surface area contributed by atoms with E-state index in [0.29, 0.717) is 12.2 Å². The summed E-state index contributed by atoms with van der Waals surface area (Å²) in [6.45, 7) is 1.61. The molecule has 1 saturated heterocycles. The summed E-state index contributed by atoms with van der Waals surface area (Å²) in [7, 11) is 0. The van der Waals surface area contributed by atoms with E-state index in [9.17, 15) is 5.11 Å². The van der Waals surface area contributed by atoms with E-state index in [4.69, 9.17) is 5.26 Å². The van der Waals surface area contributed by atoms with E-state index in [1.54, 1.807) is 12.3 Å². The Labute approximate surface area is 88.8 Å². The van der Waals surface area contributed by atoms with E-state index in [1.165, 1.54) is 0 Å². The maximum absolute atomic E-state index is 9.53. The van der Waals surface area contributed by atoms with Gasteiger partial charge < -0.3 is 10.0 Å². The molecule has 1 N–H and O–H groups in total. The van der Waals surface area contributed by atoms with Crippen LogP contribution in [0.1, 0.15) is 18.5 Å². The van der Waals surface area contributed by atoms with Gasteiger partial charge in [-0.1, -0.05) is 0 Å². The van der Waals surface area contributed by atoms with E-state index in [2.05, 4.69) is 9.88 Å². The Bertz CT molecular complexity index is 368. The average molecular weight is 203 g/mol. The van der Waals surface area contributed by atoms with E-state index in [0.717, 1.165) is 25.1 Å². The normalized spacial score (nSPS) is 21.1. The summed E-state index contributed by atoms with van der Waals surface area (Å²) < 4.78 is 0. The Kier molecular flexibility index (Phi) is 2.84. The summed E-state index contributed by atoms with van der Waals surface area (Å²) >= 11 is 0. The second kappa shape index (κ2) is 4.28. The zero-order valence-electron chi connectivity index (χ0n) is 8.43. The predicted octanol–water partition coefficient (Wildman–Crippen LogP) is 0.914. The number of hydrogen-bond acceptors (Lipinski definition) is 4.